The topological polar surface area (TPSA) is 34.1 Å². The van der Waals surface area contributed by atoms with Gasteiger partial charge in [-0.2, -0.15) is 0 Å². The molecule has 0 spiro atoms. The first-order chi connectivity index (χ1) is 10.0. The van der Waals surface area contributed by atoms with Crippen LogP contribution in [0.3, 0.4) is 0 Å². The number of halogens is 4. The Morgan fingerprint density at radius 2 is 1.86 bits per heavy atom. The minimum atomic E-state index is 0.289. The Kier molecular flexibility index (Phi) is 6.34. The molecule has 1 heterocycles. The summed E-state index contributed by atoms with van der Waals surface area (Å²) in [6.45, 7) is 3.11. The number of hydrogen-bond donors (Lipinski definition) is 1. The SMILES string of the molecule is CCNc1ccc(Cl)c(COc2c(Br)cc(Br)cc2Br)n1. The summed E-state index contributed by atoms with van der Waals surface area (Å²) in [5.74, 6) is 1.50. The van der Waals surface area contributed by atoms with Gasteiger partial charge in [0.1, 0.15) is 18.2 Å². The summed E-state index contributed by atoms with van der Waals surface area (Å²) >= 11 is 16.5. The third kappa shape index (κ3) is 4.58. The molecule has 1 N–H and O–H groups in total. The van der Waals surface area contributed by atoms with E-state index < -0.39 is 0 Å². The molecule has 0 saturated heterocycles. The molecule has 0 fully saturated rings. The molecular weight excluding hydrogens is 487 g/mol. The normalized spacial score (nSPS) is 10.5. The van der Waals surface area contributed by atoms with E-state index in [1.807, 2.05) is 31.2 Å². The number of rotatable bonds is 5. The lowest BCUT2D eigenvalue weighted by molar-refractivity contribution is 0.297. The molecule has 7 heteroatoms. The predicted molar refractivity (Wildman–Crippen MR) is 97.3 cm³/mol. The summed E-state index contributed by atoms with van der Waals surface area (Å²) in [6.07, 6.45) is 0. The van der Waals surface area contributed by atoms with Gasteiger partial charge >= 0.3 is 0 Å². The fourth-order valence-corrected chi connectivity index (χ4v) is 4.32. The van der Waals surface area contributed by atoms with E-state index in [1.165, 1.54) is 0 Å². The molecule has 0 bridgehead atoms. The third-order valence-electron chi connectivity index (χ3n) is 2.59. The van der Waals surface area contributed by atoms with Crippen molar-refractivity contribution < 1.29 is 4.74 Å². The smallest absolute Gasteiger partial charge is 0.148 e. The van der Waals surface area contributed by atoms with Crippen molar-refractivity contribution in [2.75, 3.05) is 11.9 Å². The van der Waals surface area contributed by atoms with Crippen molar-refractivity contribution in [1.82, 2.24) is 4.98 Å². The average molecular weight is 499 g/mol. The molecule has 0 saturated carbocycles. The molecule has 1 aromatic carbocycles. The Hall–Kier alpha value is -0.300. The van der Waals surface area contributed by atoms with E-state index in [-0.39, 0.29) is 6.61 Å². The molecule has 0 amide bonds. The van der Waals surface area contributed by atoms with Crippen LogP contribution in [0.25, 0.3) is 0 Å². The number of aromatic nitrogens is 1. The zero-order chi connectivity index (χ0) is 15.4. The van der Waals surface area contributed by atoms with Crippen LogP contribution in [-0.4, -0.2) is 11.5 Å². The molecule has 3 nitrogen and oxygen atoms in total. The lowest BCUT2D eigenvalue weighted by Gasteiger charge is -2.12. The van der Waals surface area contributed by atoms with Gasteiger partial charge in [0.2, 0.25) is 0 Å². The molecule has 0 aliphatic carbocycles. The van der Waals surface area contributed by atoms with Gasteiger partial charge in [-0.25, -0.2) is 4.98 Å². The zero-order valence-electron chi connectivity index (χ0n) is 11.1. The van der Waals surface area contributed by atoms with Gasteiger partial charge in [0, 0.05) is 11.0 Å². The van der Waals surface area contributed by atoms with Crippen molar-refractivity contribution in [2.45, 2.75) is 13.5 Å². The Morgan fingerprint density at radius 1 is 1.19 bits per heavy atom. The highest BCUT2D eigenvalue weighted by molar-refractivity contribution is 9.11. The maximum absolute atomic E-state index is 6.17. The molecule has 0 unspecified atom stereocenters. The summed E-state index contributed by atoms with van der Waals surface area (Å²) < 4.78 is 8.49. The van der Waals surface area contributed by atoms with Crippen molar-refractivity contribution in [1.29, 1.82) is 0 Å². The van der Waals surface area contributed by atoms with Crippen molar-refractivity contribution >= 4 is 65.2 Å². The fourth-order valence-electron chi connectivity index (χ4n) is 1.67. The monoisotopic (exact) mass is 496 g/mol. The molecule has 0 radical (unpaired) electrons. The number of nitrogens with one attached hydrogen (secondary N) is 1. The van der Waals surface area contributed by atoms with Gasteiger partial charge in [0.05, 0.1) is 19.7 Å². The van der Waals surface area contributed by atoms with Crippen molar-refractivity contribution in [3.63, 3.8) is 0 Å². The van der Waals surface area contributed by atoms with Gasteiger partial charge in [-0.05, 0) is 63.0 Å². The lowest BCUT2D eigenvalue weighted by atomic mass is 10.3. The van der Waals surface area contributed by atoms with Crippen LogP contribution >= 0.6 is 59.4 Å². The molecule has 0 aliphatic heterocycles. The van der Waals surface area contributed by atoms with Crippen LogP contribution in [0, 0.1) is 0 Å². The molecular formula is C14H12Br3ClN2O. The molecule has 2 aromatic rings. The van der Waals surface area contributed by atoms with E-state index in [4.69, 9.17) is 16.3 Å². The largest absolute Gasteiger partial charge is 0.485 e. The summed E-state index contributed by atoms with van der Waals surface area (Å²) in [4.78, 5) is 4.45. The second kappa shape index (κ2) is 7.81. The molecule has 21 heavy (non-hydrogen) atoms. The quantitative estimate of drug-likeness (QED) is 0.546. The van der Waals surface area contributed by atoms with Crippen LogP contribution < -0.4 is 10.1 Å². The summed E-state index contributed by atoms with van der Waals surface area (Å²) in [6, 6.07) is 7.51. The highest BCUT2D eigenvalue weighted by Gasteiger charge is 2.11. The molecule has 1 aromatic heterocycles. The highest BCUT2D eigenvalue weighted by Crippen LogP contribution is 2.37. The molecule has 112 valence electrons. The number of anilines is 1. The summed E-state index contributed by atoms with van der Waals surface area (Å²) in [5, 5.41) is 3.74. The first-order valence-electron chi connectivity index (χ1n) is 6.18. The second-order valence-corrected chi connectivity index (χ2v) is 7.17. The number of pyridine rings is 1. The van der Waals surface area contributed by atoms with Crippen molar-refractivity contribution in [3.05, 3.63) is 48.4 Å². The summed E-state index contributed by atoms with van der Waals surface area (Å²) in [7, 11) is 0. The summed E-state index contributed by atoms with van der Waals surface area (Å²) in [5.41, 5.74) is 0.692. The van der Waals surface area contributed by atoms with Gasteiger partial charge < -0.3 is 10.1 Å². The zero-order valence-corrected chi connectivity index (χ0v) is 16.6. The van der Waals surface area contributed by atoms with Crippen LogP contribution in [0.4, 0.5) is 5.82 Å². The van der Waals surface area contributed by atoms with E-state index in [1.54, 1.807) is 0 Å². The Bertz CT molecular complexity index is 629. The number of benzene rings is 1. The molecule has 2 rings (SSSR count). The lowest BCUT2D eigenvalue weighted by Crippen LogP contribution is -2.05. The van der Waals surface area contributed by atoms with Crippen LogP contribution in [0.15, 0.2) is 37.7 Å². The Morgan fingerprint density at radius 3 is 2.48 bits per heavy atom. The standard InChI is InChI=1S/C14H12Br3ClN2O/c1-2-19-13-4-3-11(18)12(20-13)7-21-14-9(16)5-8(15)6-10(14)17/h3-6H,2,7H2,1H3,(H,19,20). The third-order valence-corrected chi connectivity index (χ3v) is 4.57. The van der Waals surface area contributed by atoms with Crippen LogP contribution in [0.1, 0.15) is 12.6 Å². The minimum absolute atomic E-state index is 0.289. The van der Waals surface area contributed by atoms with Gasteiger partial charge in [-0.1, -0.05) is 27.5 Å². The molecule has 0 aliphatic rings. The average Bonchev–Trinajstić information content (AvgIpc) is 2.41. The van der Waals surface area contributed by atoms with Crippen molar-refractivity contribution in [3.8, 4) is 5.75 Å². The van der Waals surface area contributed by atoms with E-state index >= 15 is 0 Å². The van der Waals surface area contributed by atoms with E-state index in [0.29, 0.717) is 16.5 Å². The fraction of sp³-hybridized carbons (Fsp3) is 0.214. The highest BCUT2D eigenvalue weighted by atomic mass is 79.9. The van der Waals surface area contributed by atoms with Crippen molar-refractivity contribution in [2.24, 2.45) is 0 Å². The number of ether oxygens (including phenoxy) is 1. The first-order valence-corrected chi connectivity index (χ1v) is 8.93. The van der Waals surface area contributed by atoms with Gasteiger partial charge in [-0.3, -0.25) is 0 Å². The van der Waals surface area contributed by atoms with Crippen LogP contribution in [0.5, 0.6) is 5.75 Å². The molecule has 0 atom stereocenters. The predicted octanol–water partition coefficient (Wildman–Crippen LogP) is 6.03. The minimum Gasteiger partial charge on any atom is -0.485 e. The van der Waals surface area contributed by atoms with Crippen LogP contribution in [0.2, 0.25) is 5.02 Å². The second-order valence-electron chi connectivity index (χ2n) is 4.14. The number of nitrogens with zero attached hydrogens (tertiary/aromatic N) is 1. The van der Waals surface area contributed by atoms with Gasteiger partial charge in [0.15, 0.2) is 0 Å². The van der Waals surface area contributed by atoms with Gasteiger partial charge in [0.25, 0.3) is 0 Å². The first kappa shape index (κ1) is 17.1. The van der Waals surface area contributed by atoms with E-state index in [0.717, 1.165) is 25.8 Å². The number of hydrogen-bond acceptors (Lipinski definition) is 3. The van der Waals surface area contributed by atoms with E-state index in [9.17, 15) is 0 Å². The van der Waals surface area contributed by atoms with Gasteiger partial charge in [-0.15, -0.1) is 0 Å². The maximum atomic E-state index is 6.17. The maximum Gasteiger partial charge on any atom is 0.148 e. The Balaban J connectivity index is 2.18. The van der Waals surface area contributed by atoms with Crippen LogP contribution in [-0.2, 0) is 6.61 Å². The Labute approximate surface area is 153 Å². The van der Waals surface area contributed by atoms with E-state index in [2.05, 4.69) is 58.1 Å².